The van der Waals surface area contributed by atoms with Gasteiger partial charge in [0.05, 0.1) is 5.60 Å². The highest BCUT2D eigenvalue weighted by Gasteiger charge is 2.33. The maximum atomic E-state index is 9.83. The van der Waals surface area contributed by atoms with Crippen molar-refractivity contribution in [2.75, 3.05) is 0 Å². The summed E-state index contributed by atoms with van der Waals surface area (Å²) in [6.45, 7) is 6.51. The van der Waals surface area contributed by atoms with E-state index in [0.29, 0.717) is 5.92 Å². The zero-order chi connectivity index (χ0) is 9.19. The smallest absolute Gasteiger partial charge is 0.0622 e. The largest absolute Gasteiger partial charge is 0.390 e. The molecule has 0 spiro atoms. The zero-order valence-corrected chi connectivity index (χ0v) is 8.64. The van der Waals surface area contributed by atoms with E-state index in [0.717, 1.165) is 18.8 Å². The Hall–Kier alpha value is -0.0400. The van der Waals surface area contributed by atoms with Gasteiger partial charge in [-0.25, -0.2) is 0 Å². The van der Waals surface area contributed by atoms with Crippen LogP contribution in [0.5, 0.6) is 0 Å². The molecule has 0 heterocycles. The van der Waals surface area contributed by atoms with E-state index in [1.54, 1.807) is 0 Å². The van der Waals surface area contributed by atoms with Gasteiger partial charge in [-0.2, -0.15) is 0 Å². The van der Waals surface area contributed by atoms with Crippen LogP contribution < -0.4 is 0 Å². The molecule has 1 nitrogen and oxygen atoms in total. The Labute approximate surface area is 76.2 Å². The molecule has 1 aliphatic rings. The first-order chi connectivity index (χ1) is 5.55. The Kier molecular flexibility index (Phi) is 3.16. The summed E-state index contributed by atoms with van der Waals surface area (Å²) < 4.78 is 0. The van der Waals surface area contributed by atoms with E-state index in [2.05, 4.69) is 13.8 Å². The normalized spacial score (nSPS) is 43.0. The van der Waals surface area contributed by atoms with E-state index in [1.165, 1.54) is 19.3 Å². The van der Waals surface area contributed by atoms with Crippen LogP contribution in [0.25, 0.3) is 0 Å². The summed E-state index contributed by atoms with van der Waals surface area (Å²) in [5.41, 5.74) is -0.371. The van der Waals surface area contributed by atoms with Gasteiger partial charge in [0.25, 0.3) is 0 Å². The lowest BCUT2D eigenvalue weighted by molar-refractivity contribution is -0.0171. The van der Waals surface area contributed by atoms with E-state index >= 15 is 0 Å². The van der Waals surface area contributed by atoms with Gasteiger partial charge in [0.2, 0.25) is 0 Å². The summed E-state index contributed by atoms with van der Waals surface area (Å²) >= 11 is 0. The maximum absolute atomic E-state index is 9.83. The van der Waals surface area contributed by atoms with Gasteiger partial charge in [-0.1, -0.05) is 26.7 Å². The molecule has 0 aliphatic heterocycles. The predicted molar refractivity (Wildman–Crippen MR) is 52.0 cm³/mol. The van der Waals surface area contributed by atoms with Crippen LogP contribution in [0.3, 0.4) is 0 Å². The molecule has 1 rings (SSSR count). The molecular formula is C11H22O. The van der Waals surface area contributed by atoms with E-state index < -0.39 is 0 Å². The van der Waals surface area contributed by atoms with Gasteiger partial charge in [-0.05, 0) is 38.0 Å². The van der Waals surface area contributed by atoms with E-state index in [-0.39, 0.29) is 5.60 Å². The minimum absolute atomic E-state index is 0.371. The number of rotatable bonds is 2. The minimum Gasteiger partial charge on any atom is -0.390 e. The third-order valence-corrected chi connectivity index (χ3v) is 3.28. The highest BCUT2D eigenvalue weighted by molar-refractivity contribution is 4.85. The van der Waals surface area contributed by atoms with E-state index in [1.807, 2.05) is 6.92 Å². The van der Waals surface area contributed by atoms with Crippen LogP contribution in [-0.4, -0.2) is 10.7 Å². The fourth-order valence-electron chi connectivity index (χ4n) is 2.54. The van der Waals surface area contributed by atoms with Gasteiger partial charge >= 0.3 is 0 Å². The van der Waals surface area contributed by atoms with Crippen LogP contribution in [0.1, 0.15) is 52.9 Å². The van der Waals surface area contributed by atoms with Crippen molar-refractivity contribution in [2.24, 2.45) is 11.8 Å². The molecule has 0 saturated heterocycles. The molecule has 0 aromatic carbocycles. The fraction of sp³-hybridized carbons (Fsp3) is 1.00. The minimum atomic E-state index is -0.371. The Bertz CT molecular complexity index is 140. The molecule has 1 heteroatoms. The topological polar surface area (TPSA) is 20.2 Å². The third kappa shape index (κ3) is 2.48. The van der Waals surface area contributed by atoms with Crippen molar-refractivity contribution in [3.8, 4) is 0 Å². The molecule has 3 atom stereocenters. The van der Waals surface area contributed by atoms with Crippen molar-refractivity contribution in [3.05, 3.63) is 0 Å². The summed E-state index contributed by atoms with van der Waals surface area (Å²) in [7, 11) is 0. The van der Waals surface area contributed by atoms with Gasteiger partial charge in [0.1, 0.15) is 0 Å². The average molecular weight is 170 g/mol. The summed E-state index contributed by atoms with van der Waals surface area (Å²) in [4.78, 5) is 0. The summed E-state index contributed by atoms with van der Waals surface area (Å²) in [6, 6.07) is 0. The van der Waals surface area contributed by atoms with Crippen LogP contribution in [-0.2, 0) is 0 Å². The molecule has 0 bridgehead atoms. The second-order valence-corrected chi connectivity index (χ2v) is 4.77. The predicted octanol–water partition coefficient (Wildman–Crippen LogP) is 2.97. The van der Waals surface area contributed by atoms with Gasteiger partial charge in [0.15, 0.2) is 0 Å². The van der Waals surface area contributed by atoms with Crippen LogP contribution in [0, 0.1) is 11.8 Å². The van der Waals surface area contributed by atoms with Crippen molar-refractivity contribution >= 4 is 0 Å². The van der Waals surface area contributed by atoms with Crippen molar-refractivity contribution in [1.29, 1.82) is 0 Å². The first kappa shape index (κ1) is 10.0. The lowest BCUT2D eigenvalue weighted by Crippen LogP contribution is -2.35. The number of hydrogen-bond donors (Lipinski definition) is 1. The molecule has 72 valence electrons. The van der Waals surface area contributed by atoms with E-state index in [9.17, 15) is 5.11 Å². The zero-order valence-electron chi connectivity index (χ0n) is 8.64. The average Bonchev–Trinajstić information content (AvgIpc) is 1.94. The highest BCUT2D eigenvalue weighted by atomic mass is 16.3. The monoisotopic (exact) mass is 170 g/mol. The number of hydrogen-bond acceptors (Lipinski definition) is 1. The SMILES string of the molecule is CCC[C@@H]1CC[C@@](C)(O)C[C@H]1C. The van der Waals surface area contributed by atoms with Gasteiger partial charge in [-0.15, -0.1) is 0 Å². The summed E-state index contributed by atoms with van der Waals surface area (Å²) in [6.07, 6.45) is 5.86. The van der Waals surface area contributed by atoms with Crippen molar-refractivity contribution in [3.63, 3.8) is 0 Å². The van der Waals surface area contributed by atoms with Crippen LogP contribution in [0.15, 0.2) is 0 Å². The second-order valence-electron chi connectivity index (χ2n) is 4.77. The third-order valence-electron chi connectivity index (χ3n) is 3.28. The second kappa shape index (κ2) is 3.78. The van der Waals surface area contributed by atoms with Crippen LogP contribution >= 0.6 is 0 Å². The number of aliphatic hydroxyl groups is 1. The Morgan fingerprint density at radius 3 is 2.67 bits per heavy atom. The van der Waals surface area contributed by atoms with Crippen LogP contribution in [0.4, 0.5) is 0 Å². The van der Waals surface area contributed by atoms with E-state index in [4.69, 9.17) is 0 Å². The Morgan fingerprint density at radius 2 is 2.17 bits per heavy atom. The van der Waals surface area contributed by atoms with Crippen molar-refractivity contribution in [1.82, 2.24) is 0 Å². The summed E-state index contributed by atoms with van der Waals surface area (Å²) in [5, 5.41) is 9.83. The molecule has 1 saturated carbocycles. The lowest BCUT2D eigenvalue weighted by atomic mass is 9.72. The van der Waals surface area contributed by atoms with Crippen LogP contribution in [0.2, 0.25) is 0 Å². The quantitative estimate of drug-likeness (QED) is 0.675. The first-order valence-electron chi connectivity index (χ1n) is 5.27. The molecule has 1 N–H and O–H groups in total. The summed E-state index contributed by atoms with van der Waals surface area (Å²) in [5.74, 6) is 1.59. The molecule has 1 fully saturated rings. The Morgan fingerprint density at radius 1 is 1.50 bits per heavy atom. The van der Waals surface area contributed by atoms with Gasteiger partial charge in [0, 0.05) is 0 Å². The Balaban J connectivity index is 2.42. The van der Waals surface area contributed by atoms with Gasteiger partial charge < -0.3 is 5.11 Å². The fourth-order valence-corrected chi connectivity index (χ4v) is 2.54. The van der Waals surface area contributed by atoms with Gasteiger partial charge in [-0.3, -0.25) is 0 Å². The van der Waals surface area contributed by atoms with Crippen molar-refractivity contribution < 1.29 is 5.11 Å². The maximum Gasteiger partial charge on any atom is 0.0622 e. The molecule has 12 heavy (non-hydrogen) atoms. The lowest BCUT2D eigenvalue weighted by Gasteiger charge is -2.38. The molecule has 0 amide bonds. The standard InChI is InChI=1S/C11H22O/c1-4-5-10-6-7-11(3,12)8-9(10)2/h9-10,12H,4-8H2,1-3H3/t9-,10-,11-/m1/s1. The molecule has 0 aromatic heterocycles. The molecular weight excluding hydrogens is 148 g/mol. The molecule has 0 radical (unpaired) electrons. The molecule has 0 unspecified atom stereocenters. The molecule has 0 aromatic rings. The first-order valence-corrected chi connectivity index (χ1v) is 5.27. The van der Waals surface area contributed by atoms with Crippen molar-refractivity contribution in [2.45, 2.75) is 58.5 Å². The molecule has 1 aliphatic carbocycles. The highest BCUT2D eigenvalue weighted by Crippen LogP contribution is 2.38.